The van der Waals surface area contributed by atoms with Gasteiger partial charge in [0.1, 0.15) is 12.4 Å². The molecule has 0 aliphatic rings. The Morgan fingerprint density at radius 2 is 2.00 bits per heavy atom. The summed E-state index contributed by atoms with van der Waals surface area (Å²) >= 11 is 0. The van der Waals surface area contributed by atoms with Crippen LogP contribution in [0, 0.1) is 5.82 Å². The molecule has 1 rings (SSSR count). The van der Waals surface area contributed by atoms with E-state index in [0.717, 1.165) is 11.0 Å². The first kappa shape index (κ1) is 16.7. The summed E-state index contributed by atoms with van der Waals surface area (Å²) in [7, 11) is 2.88. The number of hydrogen-bond acceptors (Lipinski definition) is 3. The maximum absolute atomic E-state index is 13.2. The van der Waals surface area contributed by atoms with E-state index >= 15 is 0 Å². The van der Waals surface area contributed by atoms with Gasteiger partial charge in [-0.15, -0.1) is 0 Å². The molecule has 0 spiro atoms. The van der Waals surface area contributed by atoms with Crippen LogP contribution in [0.4, 0.5) is 23.2 Å². The largest absolute Gasteiger partial charge is 0.405 e. The van der Waals surface area contributed by atoms with Gasteiger partial charge in [-0.05, 0) is 23.8 Å². The third-order valence-electron chi connectivity index (χ3n) is 2.67. The van der Waals surface area contributed by atoms with Crippen LogP contribution < -0.4 is 10.2 Å². The number of hydrogen-bond donors (Lipinski definition) is 1. The van der Waals surface area contributed by atoms with Crippen LogP contribution in [-0.2, 0) is 11.3 Å². The van der Waals surface area contributed by atoms with E-state index in [1.165, 1.54) is 19.2 Å². The van der Waals surface area contributed by atoms with Crippen molar-refractivity contribution in [1.82, 2.24) is 5.32 Å². The molecule has 0 aromatic heterocycles. The fourth-order valence-corrected chi connectivity index (χ4v) is 1.82. The summed E-state index contributed by atoms with van der Waals surface area (Å²) in [6, 6.07) is 3.75. The Bertz CT molecular complexity index is 423. The summed E-state index contributed by atoms with van der Waals surface area (Å²) in [4.78, 5) is 1.06. The van der Waals surface area contributed by atoms with Crippen LogP contribution in [0.3, 0.4) is 0 Å². The van der Waals surface area contributed by atoms with Crippen molar-refractivity contribution in [2.45, 2.75) is 12.7 Å². The SMILES string of the molecule is COCCNCc1cc(F)ccc1N(C)CC(F)(F)F. The van der Waals surface area contributed by atoms with Gasteiger partial charge in [-0.1, -0.05) is 0 Å². The lowest BCUT2D eigenvalue weighted by molar-refractivity contribution is -0.119. The zero-order valence-electron chi connectivity index (χ0n) is 11.4. The summed E-state index contributed by atoms with van der Waals surface area (Å²) in [5, 5.41) is 2.99. The lowest BCUT2D eigenvalue weighted by Crippen LogP contribution is -2.32. The highest BCUT2D eigenvalue weighted by Crippen LogP contribution is 2.24. The molecule has 7 heteroatoms. The molecule has 0 radical (unpaired) electrons. The minimum atomic E-state index is -4.30. The molecule has 0 atom stereocenters. The molecule has 0 aliphatic carbocycles. The molecule has 1 N–H and O–H groups in total. The van der Waals surface area contributed by atoms with E-state index in [1.807, 2.05) is 0 Å². The first-order chi connectivity index (χ1) is 9.33. The number of halogens is 4. The molecular weight excluding hydrogens is 276 g/mol. The fourth-order valence-electron chi connectivity index (χ4n) is 1.82. The Morgan fingerprint density at radius 3 is 2.60 bits per heavy atom. The van der Waals surface area contributed by atoms with Crippen molar-refractivity contribution in [1.29, 1.82) is 0 Å². The molecule has 1 aromatic rings. The second-order valence-electron chi connectivity index (χ2n) is 4.41. The summed E-state index contributed by atoms with van der Waals surface area (Å²) < 4.78 is 55.3. The number of nitrogens with zero attached hydrogens (tertiary/aromatic N) is 1. The van der Waals surface area contributed by atoms with Crippen LogP contribution in [0.15, 0.2) is 18.2 Å². The second kappa shape index (κ2) is 7.44. The maximum atomic E-state index is 13.2. The van der Waals surface area contributed by atoms with Gasteiger partial charge in [0.15, 0.2) is 0 Å². The molecule has 114 valence electrons. The average Bonchev–Trinajstić information content (AvgIpc) is 2.32. The Morgan fingerprint density at radius 1 is 1.30 bits per heavy atom. The summed E-state index contributed by atoms with van der Waals surface area (Å²) in [5.41, 5.74) is 0.835. The third-order valence-corrected chi connectivity index (χ3v) is 2.67. The molecule has 0 heterocycles. The average molecular weight is 294 g/mol. The quantitative estimate of drug-likeness (QED) is 0.618. The number of methoxy groups -OCH3 is 1. The molecule has 0 unspecified atom stereocenters. The van der Waals surface area contributed by atoms with Crippen LogP contribution in [0.2, 0.25) is 0 Å². The van der Waals surface area contributed by atoms with Crippen molar-refractivity contribution in [3.8, 4) is 0 Å². The third kappa shape index (κ3) is 5.75. The van der Waals surface area contributed by atoms with Crippen LogP contribution in [-0.4, -0.2) is 40.0 Å². The Hall–Kier alpha value is -1.34. The first-order valence-corrected chi connectivity index (χ1v) is 6.09. The molecule has 3 nitrogen and oxygen atoms in total. The standard InChI is InChI=1S/C13H18F4N2O/c1-19(9-13(15,16)17)12-4-3-11(14)7-10(12)8-18-5-6-20-2/h3-4,7,18H,5-6,8-9H2,1-2H3. The zero-order valence-corrected chi connectivity index (χ0v) is 11.4. The first-order valence-electron chi connectivity index (χ1n) is 6.09. The van der Waals surface area contributed by atoms with Crippen molar-refractivity contribution in [3.05, 3.63) is 29.6 Å². The van der Waals surface area contributed by atoms with Gasteiger partial charge in [-0.2, -0.15) is 13.2 Å². The van der Waals surface area contributed by atoms with E-state index in [2.05, 4.69) is 5.32 Å². The maximum Gasteiger partial charge on any atom is 0.405 e. The Balaban J connectivity index is 2.78. The minimum Gasteiger partial charge on any atom is -0.383 e. The monoisotopic (exact) mass is 294 g/mol. The highest BCUT2D eigenvalue weighted by atomic mass is 19.4. The van der Waals surface area contributed by atoms with E-state index in [4.69, 9.17) is 4.74 Å². The van der Waals surface area contributed by atoms with Gasteiger partial charge in [0, 0.05) is 32.9 Å². The van der Waals surface area contributed by atoms with Gasteiger partial charge in [-0.25, -0.2) is 4.39 Å². The van der Waals surface area contributed by atoms with Gasteiger partial charge < -0.3 is 15.0 Å². The molecule has 0 fully saturated rings. The van der Waals surface area contributed by atoms with Crippen molar-refractivity contribution in [2.24, 2.45) is 0 Å². The van der Waals surface area contributed by atoms with Gasteiger partial charge in [-0.3, -0.25) is 0 Å². The molecule has 0 amide bonds. The molecule has 0 saturated heterocycles. The van der Waals surface area contributed by atoms with Gasteiger partial charge in [0.2, 0.25) is 0 Å². The molecule has 0 aliphatic heterocycles. The van der Waals surface area contributed by atoms with E-state index in [1.54, 1.807) is 7.11 Å². The van der Waals surface area contributed by atoms with Gasteiger partial charge >= 0.3 is 6.18 Å². The van der Waals surface area contributed by atoms with Crippen LogP contribution in [0.25, 0.3) is 0 Å². The Labute approximate surface area is 115 Å². The van der Waals surface area contributed by atoms with Crippen molar-refractivity contribution in [3.63, 3.8) is 0 Å². The smallest absolute Gasteiger partial charge is 0.383 e. The van der Waals surface area contributed by atoms with Gasteiger partial charge in [0.05, 0.1) is 6.61 Å². The van der Waals surface area contributed by atoms with Crippen molar-refractivity contribution >= 4 is 5.69 Å². The second-order valence-corrected chi connectivity index (χ2v) is 4.41. The number of anilines is 1. The summed E-state index contributed by atoms with van der Waals surface area (Å²) in [6.07, 6.45) is -4.30. The number of ether oxygens (including phenoxy) is 1. The highest BCUT2D eigenvalue weighted by Gasteiger charge is 2.30. The number of benzene rings is 1. The lowest BCUT2D eigenvalue weighted by Gasteiger charge is -2.24. The highest BCUT2D eigenvalue weighted by molar-refractivity contribution is 5.53. The number of alkyl halides is 3. The van der Waals surface area contributed by atoms with Crippen LogP contribution in [0.1, 0.15) is 5.56 Å². The van der Waals surface area contributed by atoms with Crippen LogP contribution in [0.5, 0.6) is 0 Å². The van der Waals surface area contributed by atoms with Crippen molar-refractivity contribution in [2.75, 3.05) is 38.8 Å². The minimum absolute atomic E-state index is 0.276. The number of nitrogens with one attached hydrogen (secondary N) is 1. The molecule has 20 heavy (non-hydrogen) atoms. The lowest BCUT2D eigenvalue weighted by atomic mass is 10.1. The summed E-state index contributed by atoms with van der Waals surface area (Å²) in [6.45, 7) is 0.209. The normalized spacial score (nSPS) is 11.7. The molecule has 0 bridgehead atoms. The Kier molecular flexibility index (Phi) is 6.22. The fraction of sp³-hybridized carbons (Fsp3) is 0.538. The van der Waals surface area contributed by atoms with E-state index in [9.17, 15) is 17.6 Å². The van der Waals surface area contributed by atoms with Crippen LogP contribution >= 0.6 is 0 Å². The molecular formula is C13H18F4N2O. The van der Waals surface area contributed by atoms with E-state index < -0.39 is 18.5 Å². The molecule has 0 saturated carbocycles. The molecule has 1 aromatic carbocycles. The van der Waals surface area contributed by atoms with Crippen molar-refractivity contribution < 1.29 is 22.3 Å². The van der Waals surface area contributed by atoms with E-state index in [-0.39, 0.29) is 6.54 Å². The zero-order chi connectivity index (χ0) is 15.2. The predicted molar refractivity (Wildman–Crippen MR) is 69.3 cm³/mol. The predicted octanol–water partition coefficient (Wildman–Crippen LogP) is 2.56. The van der Waals surface area contributed by atoms with E-state index in [0.29, 0.717) is 24.4 Å². The summed E-state index contributed by atoms with van der Waals surface area (Å²) in [5.74, 6) is -0.474. The van der Waals surface area contributed by atoms with Gasteiger partial charge in [0.25, 0.3) is 0 Å². The topological polar surface area (TPSA) is 24.5 Å². The number of rotatable bonds is 7.